The van der Waals surface area contributed by atoms with Gasteiger partial charge in [-0.15, -0.1) is 0 Å². The Hall–Kier alpha value is -4.91. The quantitative estimate of drug-likeness (QED) is 0.215. The lowest BCUT2D eigenvalue weighted by Gasteiger charge is -2.13. The zero-order chi connectivity index (χ0) is 30.3. The van der Waals surface area contributed by atoms with E-state index in [2.05, 4.69) is 10.2 Å². The summed E-state index contributed by atoms with van der Waals surface area (Å²) in [6, 6.07) is 8.56. The molecule has 0 radical (unpaired) electrons. The SMILES string of the molecule is O=C(O)C1=NN(c2ccc(S(=O)(=O)O)cc2)C(=O)C1CC=Cc1c(C(=O)O)nn(-c2ccc(S(=O)(=O)O)cc2)c1O. The smallest absolute Gasteiger partial charge is 0.357 e. The maximum absolute atomic E-state index is 13.0. The van der Waals surface area contributed by atoms with Gasteiger partial charge in [0.05, 0.1) is 32.6 Å². The number of anilines is 1. The fourth-order valence-electron chi connectivity index (χ4n) is 3.83. The van der Waals surface area contributed by atoms with Crippen LogP contribution in [0, 0.1) is 5.92 Å². The standard InChI is InChI=1S/C23H18N4O12S2/c28-20-16(18(22(30)31)24-26(20)12-4-8-14(9-5-12)40(34,35)36)2-1-3-17-19(23(32)33)25-27(21(17)29)13-6-10-15(11-7-13)41(37,38)39/h1-2,4-11,17,28H,3H2,(H,30,31)(H,32,33)(H,34,35,36)(H,37,38,39). The monoisotopic (exact) mass is 606 g/mol. The van der Waals surface area contributed by atoms with Gasteiger partial charge in [-0.25, -0.2) is 9.59 Å². The number of carbonyl (C=O) groups excluding carboxylic acids is 1. The first-order valence-corrected chi connectivity index (χ1v) is 14.0. The number of amides is 1. The molecule has 1 aliphatic heterocycles. The molecular formula is C23H18N4O12S2. The predicted molar refractivity (Wildman–Crippen MR) is 138 cm³/mol. The molecule has 1 aliphatic rings. The first-order valence-electron chi connectivity index (χ1n) is 11.1. The molecule has 0 fully saturated rings. The van der Waals surface area contributed by atoms with Crippen molar-refractivity contribution in [2.75, 3.05) is 5.01 Å². The van der Waals surface area contributed by atoms with E-state index in [1.165, 1.54) is 6.08 Å². The van der Waals surface area contributed by atoms with E-state index in [0.29, 0.717) is 0 Å². The van der Waals surface area contributed by atoms with Gasteiger partial charge in [0, 0.05) is 0 Å². The number of aromatic carboxylic acids is 1. The Labute approximate surface area is 230 Å². The Morgan fingerprint density at radius 1 is 0.854 bits per heavy atom. The molecule has 0 aliphatic carbocycles. The van der Waals surface area contributed by atoms with Gasteiger partial charge in [0.25, 0.3) is 26.1 Å². The van der Waals surface area contributed by atoms with Crippen molar-refractivity contribution in [2.24, 2.45) is 11.0 Å². The van der Waals surface area contributed by atoms with Crippen LogP contribution in [0.15, 0.2) is 69.5 Å². The fourth-order valence-corrected chi connectivity index (χ4v) is 4.79. The van der Waals surface area contributed by atoms with Crippen LogP contribution in [0.2, 0.25) is 0 Å². The van der Waals surface area contributed by atoms with E-state index < -0.39 is 71.1 Å². The zero-order valence-electron chi connectivity index (χ0n) is 20.3. The van der Waals surface area contributed by atoms with Crippen molar-refractivity contribution >= 4 is 55.6 Å². The highest BCUT2D eigenvalue weighted by molar-refractivity contribution is 7.86. The van der Waals surface area contributed by atoms with Gasteiger partial charge in [-0.05, 0) is 55.0 Å². The molecule has 16 nitrogen and oxygen atoms in total. The minimum atomic E-state index is -4.51. The Morgan fingerprint density at radius 2 is 1.37 bits per heavy atom. The molecule has 1 amide bonds. The molecule has 18 heteroatoms. The third kappa shape index (κ3) is 5.84. The van der Waals surface area contributed by atoms with Crippen LogP contribution in [0.25, 0.3) is 11.8 Å². The van der Waals surface area contributed by atoms with E-state index >= 15 is 0 Å². The van der Waals surface area contributed by atoms with E-state index in [1.807, 2.05) is 0 Å². The number of hydrogen-bond donors (Lipinski definition) is 5. The van der Waals surface area contributed by atoms with Crippen LogP contribution in [-0.4, -0.2) is 74.6 Å². The minimum Gasteiger partial charge on any atom is -0.493 e. The van der Waals surface area contributed by atoms with E-state index in [0.717, 1.165) is 64.3 Å². The molecule has 5 N–H and O–H groups in total. The van der Waals surface area contributed by atoms with E-state index in [9.17, 15) is 46.5 Å². The van der Waals surface area contributed by atoms with Crippen molar-refractivity contribution in [3.8, 4) is 11.6 Å². The average Bonchev–Trinajstić information content (AvgIpc) is 3.40. The number of aromatic nitrogens is 2. The van der Waals surface area contributed by atoms with Crippen molar-refractivity contribution in [2.45, 2.75) is 16.2 Å². The topological polar surface area (TPSA) is 254 Å². The normalized spacial score (nSPS) is 15.9. The number of hydrazone groups is 1. The third-order valence-electron chi connectivity index (χ3n) is 5.78. The summed E-state index contributed by atoms with van der Waals surface area (Å²) in [6.07, 6.45) is 2.02. The summed E-state index contributed by atoms with van der Waals surface area (Å²) in [6.45, 7) is 0. The summed E-state index contributed by atoms with van der Waals surface area (Å²) in [5.74, 6) is -5.89. The number of carboxylic acids is 2. The van der Waals surface area contributed by atoms with Gasteiger partial charge in [0.15, 0.2) is 11.4 Å². The predicted octanol–water partition coefficient (Wildman–Crippen LogP) is 1.28. The second-order valence-electron chi connectivity index (χ2n) is 8.37. The molecule has 41 heavy (non-hydrogen) atoms. The van der Waals surface area contributed by atoms with Crippen molar-refractivity contribution < 1.29 is 55.6 Å². The molecule has 0 saturated heterocycles. The summed E-state index contributed by atoms with van der Waals surface area (Å²) in [5, 5.41) is 38.1. The molecule has 1 atom stereocenters. The number of aliphatic carboxylic acids is 1. The lowest BCUT2D eigenvalue weighted by atomic mass is 9.98. The molecular weight excluding hydrogens is 588 g/mol. The number of rotatable bonds is 9. The number of allylic oxidation sites excluding steroid dienone is 1. The van der Waals surface area contributed by atoms with Gasteiger partial charge in [-0.2, -0.15) is 36.7 Å². The number of benzene rings is 2. The third-order valence-corrected chi connectivity index (χ3v) is 7.51. The van der Waals surface area contributed by atoms with E-state index in [-0.39, 0.29) is 23.4 Å². The van der Waals surface area contributed by atoms with Gasteiger partial charge in [-0.1, -0.05) is 12.2 Å². The van der Waals surface area contributed by atoms with Crippen LogP contribution < -0.4 is 5.01 Å². The lowest BCUT2D eigenvalue weighted by molar-refractivity contribution is -0.130. The highest BCUT2D eigenvalue weighted by atomic mass is 32.2. The molecule has 2 heterocycles. The molecule has 4 rings (SSSR count). The van der Waals surface area contributed by atoms with E-state index in [1.54, 1.807) is 0 Å². The second kappa shape index (κ2) is 10.6. The maximum Gasteiger partial charge on any atom is 0.357 e. The molecule has 0 spiro atoms. The number of hydrogen-bond acceptors (Lipinski definition) is 10. The minimum absolute atomic E-state index is 0.0136. The van der Waals surface area contributed by atoms with Crippen molar-refractivity contribution in [1.29, 1.82) is 0 Å². The first-order chi connectivity index (χ1) is 19.1. The van der Waals surface area contributed by atoms with Crippen LogP contribution in [0.3, 0.4) is 0 Å². The van der Waals surface area contributed by atoms with Gasteiger partial charge in [0.1, 0.15) is 0 Å². The second-order valence-corrected chi connectivity index (χ2v) is 11.2. The molecule has 214 valence electrons. The first kappa shape index (κ1) is 29.1. The van der Waals surface area contributed by atoms with Crippen molar-refractivity contribution in [1.82, 2.24) is 9.78 Å². The Morgan fingerprint density at radius 3 is 1.83 bits per heavy atom. The molecule has 0 saturated carbocycles. The molecule has 0 bridgehead atoms. The van der Waals surface area contributed by atoms with Gasteiger partial charge < -0.3 is 15.3 Å². The zero-order valence-corrected chi connectivity index (χ0v) is 21.9. The summed E-state index contributed by atoms with van der Waals surface area (Å²) in [7, 11) is -9.02. The van der Waals surface area contributed by atoms with Crippen LogP contribution in [0.1, 0.15) is 22.5 Å². The summed E-state index contributed by atoms with van der Waals surface area (Å²) >= 11 is 0. The van der Waals surface area contributed by atoms with Crippen LogP contribution >= 0.6 is 0 Å². The largest absolute Gasteiger partial charge is 0.493 e. The lowest BCUT2D eigenvalue weighted by Crippen LogP contribution is -2.29. The average molecular weight is 607 g/mol. The maximum atomic E-state index is 13.0. The van der Waals surface area contributed by atoms with Crippen LogP contribution in [0.4, 0.5) is 5.69 Å². The summed E-state index contributed by atoms with van der Waals surface area (Å²) in [5.41, 5.74) is -1.44. The Bertz CT molecular complexity index is 1840. The highest BCUT2D eigenvalue weighted by Gasteiger charge is 2.39. The molecule has 1 aromatic heterocycles. The molecule has 3 aromatic rings. The van der Waals surface area contributed by atoms with Crippen molar-refractivity contribution in [3.63, 3.8) is 0 Å². The van der Waals surface area contributed by atoms with Gasteiger partial charge in [0.2, 0.25) is 5.88 Å². The van der Waals surface area contributed by atoms with Crippen LogP contribution in [-0.2, 0) is 29.8 Å². The van der Waals surface area contributed by atoms with Crippen molar-refractivity contribution in [3.05, 3.63) is 65.9 Å². The molecule has 1 unspecified atom stereocenters. The summed E-state index contributed by atoms with van der Waals surface area (Å²) in [4.78, 5) is 35.6. The van der Waals surface area contributed by atoms with Gasteiger partial charge >= 0.3 is 11.9 Å². The number of carbonyl (C=O) groups is 3. The number of nitrogens with zero attached hydrogens (tertiary/aromatic N) is 4. The summed E-state index contributed by atoms with van der Waals surface area (Å²) < 4.78 is 64.0. The highest BCUT2D eigenvalue weighted by Crippen LogP contribution is 2.30. The fraction of sp³-hybridized carbons (Fsp3) is 0.0870. The van der Waals surface area contributed by atoms with Gasteiger partial charge in [-0.3, -0.25) is 13.9 Å². The molecule has 2 aromatic carbocycles. The Balaban J connectivity index is 1.61. The number of carboxylic acid groups (broad SMARTS) is 2. The van der Waals surface area contributed by atoms with Crippen LogP contribution in [0.5, 0.6) is 5.88 Å². The van der Waals surface area contributed by atoms with E-state index in [4.69, 9.17) is 9.11 Å². The Kier molecular flexibility index (Phi) is 7.50. The number of aromatic hydroxyl groups is 1.